The average Bonchev–Trinajstić information content (AvgIpc) is 2.61. The normalized spacial score (nSPS) is 25.4. The molecule has 0 unspecified atom stereocenters. The monoisotopic (exact) mass is 414 g/mol. The second kappa shape index (κ2) is 7.10. The largest absolute Gasteiger partial charge is 0.437 e. The fraction of sp³-hybridized carbons (Fsp3) is 0.222. The van der Waals surface area contributed by atoms with E-state index in [0.717, 1.165) is 0 Å². The molecule has 3 N–H and O–H groups in total. The van der Waals surface area contributed by atoms with E-state index in [4.69, 9.17) is 23.8 Å². The molecule has 0 saturated carbocycles. The van der Waals surface area contributed by atoms with Crippen LogP contribution in [0.3, 0.4) is 0 Å². The van der Waals surface area contributed by atoms with Crippen LogP contribution >= 0.6 is 23.8 Å². The highest BCUT2D eigenvalue weighted by Crippen LogP contribution is 2.44. The zero-order valence-electron chi connectivity index (χ0n) is 13.6. The summed E-state index contributed by atoms with van der Waals surface area (Å²) in [6, 6.07) is 12.2. The summed E-state index contributed by atoms with van der Waals surface area (Å²) in [5, 5.41) is 15.0. The number of ketones is 1. The molecule has 3 atom stereocenters. The third kappa shape index (κ3) is 3.65. The van der Waals surface area contributed by atoms with E-state index < -0.39 is 34.8 Å². The van der Waals surface area contributed by atoms with Crippen molar-refractivity contribution >= 4 is 34.7 Å². The summed E-state index contributed by atoms with van der Waals surface area (Å²) in [5.74, 6) is -2.80. The molecule has 1 fully saturated rings. The number of nitrogens with one attached hydrogen (secondary N) is 2. The SMILES string of the molecule is O=C(c1ccccc1)[C@H]1[C@@H](c2ccc(Cl)cc2)NC(=S)N[C@@]1(O)C(F)(F)F. The van der Waals surface area contributed by atoms with Crippen LogP contribution in [0.1, 0.15) is 22.0 Å². The maximum Gasteiger partial charge on any atom is 0.437 e. The van der Waals surface area contributed by atoms with E-state index in [1.807, 2.05) is 5.32 Å². The number of rotatable bonds is 3. The zero-order chi connectivity index (χ0) is 19.8. The first-order valence-electron chi connectivity index (χ1n) is 7.86. The number of carbonyl (C=O) groups excluding carboxylic acids is 1. The molecule has 0 aliphatic carbocycles. The highest BCUT2D eigenvalue weighted by molar-refractivity contribution is 7.80. The van der Waals surface area contributed by atoms with Crippen molar-refractivity contribution in [3.63, 3.8) is 0 Å². The van der Waals surface area contributed by atoms with Crippen LogP contribution in [0.15, 0.2) is 54.6 Å². The summed E-state index contributed by atoms with van der Waals surface area (Å²) in [4.78, 5) is 13.0. The highest BCUT2D eigenvalue weighted by atomic mass is 35.5. The van der Waals surface area contributed by atoms with Gasteiger partial charge in [-0.3, -0.25) is 4.79 Å². The number of thiocarbonyl (C=S) groups is 1. The number of carbonyl (C=O) groups is 1. The van der Waals surface area contributed by atoms with E-state index in [-0.39, 0.29) is 5.56 Å². The van der Waals surface area contributed by atoms with Gasteiger partial charge in [-0.25, -0.2) is 0 Å². The maximum absolute atomic E-state index is 13.8. The van der Waals surface area contributed by atoms with E-state index >= 15 is 0 Å². The van der Waals surface area contributed by atoms with Crippen molar-refractivity contribution in [3.8, 4) is 0 Å². The quantitative estimate of drug-likeness (QED) is 0.529. The fourth-order valence-corrected chi connectivity index (χ4v) is 3.48. The second-order valence-electron chi connectivity index (χ2n) is 6.10. The van der Waals surface area contributed by atoms with E-state index in [1.165, 1.54) is 48.5 Å². The number of aliphatic hydroxyl groups is 1. The maximum atomic E-state index is 13.8. The molecule has 0 spiro atoms. The smallest absolute Gasteiger partial charge is 0.363 e. The van der Waals surface area contributed by atoms with Crippen molar-refractivity contribution in [2.24, 2.45) is 5.92 Å². The van der Waals surface area contributed by atoms with Gasteiger partial charge >= 0.3 is 6.18 Å². The van der Waals surface area contributed by atoms with Gasteiger partial charge in [-0.15, -0.1) is 0 Å². The summed E-state index contributed by atoms with van der Waals surface area (Å²) in [6.07, 6.45) is -5.15. The van der Waals surface area contributed by atoms with Gasteiger partial charge in [0.25, 0.3) is 0 Å². The topological polar surface area (TPSA) is 61.4 Å². The van der Waals surface area contributed by atoms with Gasteiger partial charge in [0.2, 0.25) is 5.72 Å². The molecule has 0 radical (unpaired) electrons. The van der Waals surface area contributed by atoms with Crippen LogP contribution in [-0.4, -0.2) is 27.9 Å². The minimum absolute atomic E-state index is 0.0422. The Morgan fingerprint density at radius 1 is 1.11 bits per heavy atom. The molecular formula is C18H14ClF3N2O2S. The summed E-state index contributed by atoms with van der Waals surface area (Å²) >= 11 is 10.7. The number of Topliss-reactive ketones (excluding diaryl/α,β-unsaturated/α-hetero) is 1. The minimum atomic E-state index is -5.15. The number of benzene rings is 2. The predicted molar refractivity (Wildman–Crippen MR) is 98.3 cm³/mol. The summed E-state index contributed by atoms with van der Waals surface area (Å²) < 4.78 is 41.4. The Labute approximate surface area is 163 Å². The standard InChI is InChI=1S/C18H14ClF3N2O2S/c19-12-8-6-10(7-9-12)14-13(15(25)11-4-2-1-3-5-11)17(26,18(20,21)22)24-16(27)23-14/h1-9,13-14,26H,(H2,23,24,27)/t13-,14-,17+/m1/s1. The molecule has 2 aromatic rings. The lowest BCUT2D eigenvalue weighted by atomic mass is 9.77. The van der Waals surface area contributed by atoms with Crippen molar-refractivity contribution in [2.45, 2.75) is 17.9 Å². The Bertz CT molecular complexity index is 861. The van der Waals surface area contributed by atoms with Gasteiger partial charge in [0.15, 0.2) is 10.9 Å². The Morgan fingerprint density at radius 2 is 1.70 bits per heavy atom. The molecule has 0 amide bonds. The molecule has 2 aromatic carbocycles. The van der Waals surface area contributed by atoms with E-state index in [0.29, 0.717) is 10.6 Å². The van der Waals surface area contributed by atoms with Gasteiger partial charge in [-0.2, -0.15) is 13.2 Å². The van der Waals surface area contributed by atoms with Gasteiger partial charge in [0.05, 0.1) is 6.04 Å². The Hall–Kier alpha value is -2.16. The van der Waals surface area contributed by atoms with Crippen molar-refractivity contribution in [1.29, 1.82) is 0 Å². The summed E-state index contributed by atoms with van der Waals surface area (Å²) in [5.41, 5.74) is -3.16. The molecule has 4 nitrogen and oxygen atoms in total. The van der Waals surface area contributed by atoms with Gasteiger partial charge in [-0.1, -0.05) is 54.1 Å². The van der Waals surface area contributed by atoms with Crippen molar-refractivity contribution < 1.29 is 23.1 Å². The van der Waals surface area contributed by atoms with Gasteiger partial charge in [-0.05, 0) is 29.9 Å². The fourth-order valence-electron chi connectivity index (χ4n) is 3.07. The van der Waals surface area contributed by atoms with Crippen LogP contribution in [-0.2, 0) is 0 Å². The lowest BCUT2D eigenvalue weighted by molar-refractivity contribution is -0.285. The third-order valence-corrected chi connectivity index (χ3v) is 4.85. The molecule has 0 bridgehead atoms. The van der Waals surface area contributed by atoms with Gasteiger partial charge in [0.1, 0.15) is 5.92 Å². The molecule has 1 aliphatic heterocycles. The Kier molecular flexibility index (Phi) is 5.16. The Morgan fingerprint density at radius 3 is 2.26 bits per heavy atom. The van der Waals surface area contributed by atoms with E-state index in [1.54, 1.807) is 6.07 Å². The summed E-state index contributed by atoms with van der Waals surface area (Å²) in [6.45, 7) is 0. The lowest BCUT2D eigenvalue weighted by Crippen LogP contribution is -2.72. The average molecular weight is 415 g/mol. The predicted octanol–water partition coefficient (Wildman–Crippen LogP) is 3.61. The van der Waals surface area contributed by atoms with Gasteiger partial charge in [0, 0.05) is 10.6 Å². The van der Waals surface area contributed by atoms with Crippen LogP contribution in [0.2, 0.25) is 5.02 Å². The number of halogens is 4. The van der Waals surface area contributed by atoms with Crippen LogP contribution in [0.4, 0.5) is 13.2 Å². The number of hydrogen-bond donors (Lipinski definition) is 3. The molecule has 1 saturated heterocycles. The van der Waals surface area contributed by atoms with Crippen LogP contribution in [0, 0.1) is 5.92 Å². The molecular weight excluding hydrogens is 401 g/mol. The van der Waals surface area contributed by atoms with E-state index in [9.17, 15) is 23.1 Å². The molecule has 27 heavy (non-hydrogen) atoms. The molecule has 1 heterocycles. The first kappa shape index (κ1) is 19.6. The zero-order valence-corrected chi connectivity index (χ0v) is 15.2. The Balaban J connectivity index is 2.15. The van der Waals surface area contributed by atoms with E-state index in [2.05, 4.69) is 5.32 Å². The van der Waals surface area contributed by atoms with Crippen LogP contribution in [0.25, 0.3) is 0 Å². The van der Waals surface area contributed by atoms with Crippen LogP contribution < -0.4 is 10.6 Å². The second-order valence-corrected chi connectivity index (χ2v) is 6.94. The molecule has 0 aromatic heterocycles. The number of alkyl halides is 3. The van der Waals surface area contributed by atoms with Crippen LogP contribution in [0.5, 0.6) is 0 Å². The molecule has 3 rings (SSSR count). The van der Waals surface area contributed by atoms with Crippen molar-refractivity contribution in [3.05, 3.63) is 70.7 Å². The van der Waals surface area contributed by atoms with Gasteiger partial charge < -0.3 is 15.7 Å². The summed E-state index contributed by atoms with van der Waals surface area (Å²) in [7, 11) is 0. The molecule has 1 aliphatic rings. The lowest BCUT2D eigenvalue weighted by Gasteiger charge is -2.46. The molecule has 142 valence electrons. The van der Waals surface area contributed by atoms with Crippen molar-refractivity contribution in [2.75, 3.05) is 0 Å². The van der Waals surface area contributed by atoms with Crippen molar-refractivity contribution in [1.82, 2.24) is 10.6 Å². The molecule has 9 heteroatoms. The third-order valence-electron chi connectivity index (χ3n) is 4.38. The highest BCUT2D eigenvalue weighted by Gasteiger charge is 2.65. The minimum Gasteiger partial charge on any atom is -0.363 e. The first-order valence-corrected chi connectivity index (χ1v) is 8.64. The first-order chi connectivity index (χ1) is 12.6. The number of hydrogen-bond acceptors (Lipinski definition) is 3.